The van der Waals surface area contributed by atoms with E-state index in [0.717, 1.165) is 6.07 Å². The van der Waals surface area contributed by atoms with Crippen LogP contribution >= 0.6 is 11.6 Å². The molecule has 3 nitrogen and oxygen atoms in total. The van der Waals surface area contributed by atoms with Gasteiger partial charge >= 0.3 is 12.1 Å². The van der Waals surface area contributed by atoms with Gasteiger partial charge in [0.15, 0.2) is 0 Å². The maximum absolute atomic E-state index is 12.6. The van der Waals surface area contributed by atoms with E-state index in [1.807, 2.05) is 0 Å². The number of benzene rings is 1. The molecule has 0 fully saturated rings. The SMILES string of the molecule is CN(CCC(=O)O)Cc1ccc(Cl)c(C(F)(F)F)c1. The van der Waals surface area contributed by atoms with E-state index in [-0.39, 0.29) is 24.5 Å². The molecule has 0 unspecified atom stereocenters. The largest absolute Gasteiger partial charge is 0.481 e. The van der Waals surface area contributed by atoms with Gasteiger partial charge in [0.2, 0.25) is 0 Å². The van der Waals surface area contributed by atoms with E-state index in [2.05, 4.69) is 0 Å². The first-order valence-electron chi connectivity index (χ1n) is 5.46. The van der Waals surface area contributed by atoms with Crippen molar-refractivity contribution >= 4 is 17.6 Å². The summed E-state index contributed by atoms with van der Waals surface area (Å²) >= 11 is 5.51. The van der Waals surface area contributed by atoms with Crippen molar-refractivity contribution in [2.24, 2.45) is 0 Å². The Morgan fingerprint density at radius 2 is 2.05 bits per heavy atom. The minimum atomic E-state index is -4.49. The summed E-state index contributed by atoms with van der Waals surface area (Å²) in [4.78, 5) is 12.0. The normalized spacial score (nSPS) is 11.9. The smallest absolute Gasteiger partial charge is 0.417 e. The summed E-state index contributed by atoms with van der Waals surface area (Å²) in [7, 11) is 1.64. The molecule has 1 rings (SSSR count). The predicted octanol–water partition coefficient (Wildman–Crippen LogP) is 3.27. The Kier molecular flexibility index (Phi) is 5.20. The van der Waals surface area contributed by atoms with E-state index in [0.29, 0.717) is 5.56 Å². The third kappa shape index (κ3) is 5.08. The van der Waals surface area contributed by atoms with Gasteiger partial charge in [-0.15, -0.1) is 0 Å². The van der Waals surface area contributed by atoms with E-state index < -0.39 is 17.7 Å². The highest BCUT2D eigenvalue weighted by Gasteiger charge is 2.33. The standard InChI is InChI=1S/C12H13ClF3NO2/c1-17(5-4-11(18)19)7-8-2-3-10(13)9(6-8)12(14,15)16/h2-3,6H,4-5,7H2,1H3,(H,18,19). The number of halogens is 4. The summed E-state index contributed by atoms with van der Waals surface area (Å²) in [6.45, 7) is 0.493. The Bertz CT molecular complexity index is 463. The summed E-state index contributed by atoms with van der Waals surface area (Å²) < 4.78 is 37.9. The molecule has 1 aromatic carbocycles. The van der Waals surface area contributed by atoms with Gasteiger partial charge in [-0.05, 0) is 24.7 Å². The maximum atomic E-state index is 12.6. The summed E-state index contributed by atoms with van der Waals surface area (Å²) in [5.41, 5.74) is -0.442. The molecular formula is C12H13ClF3NO2. The zero-order valence-electron chi connectivity index (χ0n) is 10.2. The first-order chi connectivity index (χ1) is 8.70. The van der Waals surface area contributed by atoms with Crippen LogP contribution in [-0.2, 0) is 17.5 Å². The first-order valence-corrected chi connectivity index (χ1v) is 5.84. The van der Waals surface area contributed by atoms with Gasteiger partial charge in [-0.1, -0.05) is 17.7 Å². The van der Waals surface area contributed by atoms with Crippen LogP contribution in [0.4, 0.5) is 13.2 Å². The van der Waals surface area contributed by atoms with Crippen molar-refractivity contribution in [1.82, 2.24) is 4.90 Å². The van der Waals surface area contributed by atoms with E-state index >= 15 is 0 Å². The van der Waals surface area contributed by atoms with Crippen LogP contribution in [0.3, 0.4) is 0 Å². The fraction of sp³-hybridized carbons (Fsp3) is 0.417. The number of hydrogen-bond acceptors (Lipinski definition) is 2. The van der Waals surface area contributed by atoms with Crippen LogP contribution in [0.5, 0.6) is 0 Å². The number of carboxylic acids is 1. The van der Waals surface area contributed by atoms with Crippen molar-refractivity contribution in [1.29, 1.82) is 0 Å². The van der Waals surface area contributed by atoms with Gasteiger partial charge in [0.25, 0.3) is 0 Å². The number of alkyl halides is 3. The Hall–Kier alpha value is -1.27. The summed E-state index contributed by atoms with van der Waals surface area (Å²) in [5.74, 6) is -0.945. The first kappa shape index (κ1) is 15.8. The maximum Gasteiger partial charge on any atom is 0.417 e. The van der Waals surface area contributed by atoms with Crippen LogP contribution in [0, 0.1) is 0 Å². The number of nitrogens with zero attached hydrogens (tertiary/aromatic N) is 1. The van der Waals surface area contributed by atoms with Crippen LogP contribution in [0.2, 0.25) is 5.02 Å². The highest BCUT2D eigenvalue weighted by atomic mass is 35.5. The number of aliphatic carboxylic acids is 1. The predicted molar refractivity (Wildman–Crippen MR) is 65.0 cm³/mol. The second-order valence-electron chi connectivity index (χ2n) is 4.19. The minimum Gasteiger partial charge on any atom is -0.481 e. The van der Waals surface area contributed by atoms with Crippen molar-refractivity contribution in [2.75, 3.05) is 13.6 Å². The van der Waals surface area contributed by atoms with Gasteiger partial charge in [-0.25, -0.2) is 0 Å². The van der Waals surface area contributed by atoms with Crippen molar-refractivity contribution in [3.63, 3.8) is 0 Å². The van der Waals surface area contributed by atoms with Crippen LogP contribution in [-0.4, -0.2) is 29.6 Å². The molecule has 0 heterocycles. The van der Waals surface area contributed by atoms with Gasteiger partial charge < -0.3 is 10.0 Å². The van der Waals surface area contributed by atoms with E-state index in [4.69, 9.17) is 16.7 Å². The Labute approximate surface area is 113 Å². The zero-order valence-corrected chi connectivity index (χ0v) is 10.9. The lowest BCUT2D eigenvalue weighted by Gasteiger charge is -2.17. The molecule has 0 bridgehead atoms. The van der Waals surface area contributed by atoms with Crippen molar-refractivity contribution in [2.45, 2.75) is 19.1 Å². The third-order valence-corrected chi connectivity index (χ3v) is 2.83. The Morgan fingerprint density at radius 1 is 1.42 bits per heavy atom. The molecule has 0 aliphatic rings. The quantitative estimate of drug-likeness (QED) is 0.906. The summed E-state index contributed by atoms with van der Waals surface area (Å²) in [6.07, 6.45) is -4.55. The monoisotopic (exact) mass is 295 g/mol. The van der Waals surface area contributed by atoms with Gasteiger partial charge in [-0.3, -0.25) is 4.79 Å². The average Bonchev–Trinajstić information content (AvgIpc) is 2.27. The van der Waals surface area contributed by atoms with E-state index in [1.165, 1.54) is 12.1 Å². The minimum absolute atomic E-state index is 0.0593. The molecule has 0 saturated carbocycles. The molecule has 7 heteroatoms. The lowest BCUT2D eigenvalue weighted by Crippen LogP contribution is -2.21. The molecule has 1 aromatic rings. The molecule has 106 valence electrons. The van der Waals surface area contributed by atoms with Gasteiger partial charge in [0.1, 0.15) is 0 Å². The molecule has 1 N–H and O–H groups in total. The molecular weight excluding hydrogens is 283 g/mol. The van der Waals surface area contributed by atoms with Crippen molar-refractivity contribution < 1.29 is 23.1 Å². The lowest BCUT2D eigenvalue weighted by atomic mass is 10.1. The number of carbonyl (C=O) groups is 1. The second-order valence-corrected chi connectivity index (χ2v) is 4.60. The molecule has 0 aromatic heterocycles. The van der Waals surface area contributed by atoms with E-state index in [1.54, 1.807) is 11.9 Å². The molecule has 0 amide bonds. The van der Waals surface area contributed by atoms with Gasteiger partial charge in [0, 0.05) is 13.1 Å². The second kappa shape index (κ2) is 6.25. The number of carboxylic acid groups (broad SMARTS) is 1. The molecule has 0 aliphatic carbocycles. The topological polar surface area (TPSA) is 40.5 Å². The molecule has 0 saturated heterocycles. The Balaban J connectivity index is 2.77. The molecule has 0 aliphatic heterocycles. The summed E-state index contributed by atoms with van der Waals surface area (Å²) in [5, 5.41) is 8.18. The van der Waals surface area contributed by atoms with Crippen LogP contribution < -0.4 is 0 Å². The van der Waals surface area contributed by atoms with Crippen molar-refractivity contribution in [3.05, 3.63) is 34.3 Å². The molecule has 0 spiro atoms. The molecule has 19 heavy (non-hydrogen) atoms. The van der Waals surface area contributed by atoms with E-state index in [9.17, 15) is 18.0 Å². The van der Waals surface area contributed by atoms with Crippen LogP contribution in [0.1, 0.15) is 17.5 Å². The summed E-state index contributed by atoms with van der Waals surface area (Å²) in [6, 6.07) is 3.68. The molecule has 0 radical (unpaired) electrons. The van der Waals surface area contributed by atoms with Gasteiger partial charge in [-0.2, -0.15) is 13.2 Å². The third-order valence-electron chi connectivity index (χ3n) is 2.50. The van der Waals surface area contributed by atoms with Crippen LogP contribution in [0.25, 0.3) is 0 Å². The lowest BCUT2D eigenvalue weighted by molar-refractivity contribution is -0.138. The molecule has 0 atom stereocenters. The van der Waals surface area contributed by atoms with Crippen LogP contribution in [0.15, 0.2) is 18.2 Å². The fourth-order valence-corrected chi connectivity index (χ4v) is 1.79. The highest BCUT2D eigenvalue weighted by Crippen LogP contribution is 2.35. The fourth-order valence-electron chi connectivity index (χ4n) is 1.57. The van der Waals surface area contributed by atoms with Crippen molar-refractivity contribution in [3.8, 4) is 0 Å². The number of hydrogen-bond donors (Lipinski definition) is 1. The highest BCUT2D eigenvalue weighted by molar-refractivity contribution is 6.31. The average molecular weight is 296 g/mol. The van der Waals surface area contributed by atoms with Gasteiger partial charge in [0.05, 0.1) is 17.0 Å². The number of rotatable bonds is 5. The Morgan fingerprint density at radius 3 is 2.58 bits per heavy atom. The zero-order chi connectivity index (χ0) is 14.6.